The van der Waals surface area contributed by atoms with Crippen LogP contribution in [0, 0.1) is 20.8 Å². The summed E-state index contributed by atoms with van der Waals surface area (Å²) >= 11 is 1.55. The number of rotatable bonds is 4. The van der Waals surface area contributed by atoms with E-state index >= 15 is 0 Å². The summed E-state index contributed by atoms with van der Waals surface area (Å²) in [5.74, 6) is 2.34. The van der Waals surface area contributed by atoms with Gasteiger partial charge in [0.15, 0.2) is 5.78 Å². The van der Waals surface area contributed by atoms with Crippen molar-refractivity contribution in [2.45, 2.75) is 25.7 Å². The van der Waals surface area contributed by atoms with E-state index in [-0.39, 0.29) is 22.8 Å². The van der Waals surface area contributed by atoms with E-state index in [2.05, 4.69) is 0 Å². The van der Waals surface area contributed by atoms with E-state index in [1.165, 1.54) is 5.56 Å². The number of carbonyl (C=O) groups is 1. The van der Waals surface area contributed by atoms with Gasteiger partial charge in [0.1, 0.15) is 0 Å². The van der Waals surface area contributed by atoms with Crippen molar-refractivity contribution in [3.8, 4) is 0 Å². The summed E-state index contributed by atoms with van der Waals surface area (Å²) in [5, 5.41) is 0. The van der Waals surface area contributed by atoms with Crippen molar-refractivity contribution in [1.82, 2.24) is 0 Å². The lowest BCUT2D eigenvalue weighted by atomic mass is 10.1. The molecule has 0 bridgehead atoms. The van der Waals surface area contributed by atoms with E-state index < -0.39 is 0 Å². The topological polar surface area (TPSA) is 28.4 Å². The van der Waals surface area contributed by atoms with Gasteiger partial charge in [0, 0.05) is 10.5 Å². The number of Topliss-reactive ketones (excluding diaryl/α,β-unsaturated/α-hetero) is 1. The highest BCUT2D eigenvalue weighted by molar-refractivity contribution is 8.00. The highest BCUT2D eigenvalue weighted by atomic mass is 79.9. The summed E-state index contributed by atoms with van der Waals surface area (Å²) in [6, 6.07) is 11.6. The molecule has 0 aliphatic heterocycles. The van der Waals surface area contributed by atoms with Gasteiger partial charge in [-0.25, -0.2) is 4.42 Å². The molecule has 0 radical (unpaired) electrons. The van der Waals surface area contributed by atoms with Crippen LogP contribution in [-0.4, -0.2) is 11.5 Å². The SMILES string of the molecule is Cc1ccc(C(=O)CSc2cc(C)[o+]c(C)c2)cc1.[Br-]. The largest absolute Gasteiger partial charge is 1.00 e. The van der Waals surface area contributed by atoms with Crippen LogP contribution < -0.4 is 17.0 Å². The first kappa shape index (κ1) is 16.9. The van der Waals surface area contributed by atoms with Crippen molar-refractivity contribution in [1.29, 1.82) is 0 Å². The number of benzene rings is 1. The Kier molecular flexibility index (Phi) is 6.43. The summed E-state index contributed by atoms with van der Waals surface area (Å²) in [7, 11) is 0. The van der Waals surface area contributed by atoms with Crippen LogP contribution in [-0.2, 0) is 0 Å². The molecule has 2 nitrogen and oxygen atoms in total. The predicted molar refractivity (Wildman–Crippen MR) is 78.8 cm³/mol. The van der Waals surface area contributed by atoms with Crippen LogP contribution in [0.25, 0.3) is 0 Å². The van der Waals surface area contributed by atoms with Crippen molar-refractivity contribution >= 4 is 17.5 Å². The number of ketones is 1. The van der Waals surface area contributed by atoms with Gasteiger partial charge in [-0.15, -0.1) is 11.8 Å². The van der Waals surface area contributed by atoms with Gasteiger partial charge < -0.3 is 17.0 Å². The molecule has 1 heterocycles. The number of aryl methyl sites for hydroxylation is 3. The zero-order valence-electron chi connectivity index (χ0n) is 11.8. The average molecular weight is 353 g/mol. The van der Waals surface area contributed by atoms with E-state index in [1.54, 1.807) is 11.8 Å². The molecule has 0 amide bonds. The van der Waals surface area contributed by atoms with Crippen LogP contribution >= 0.6 is 11.8 Å². The quantitative estimate of drug-likeness (QED) is 0.473. The molecular weight excluding hydrogens is 336 g/mol. The summed E-state index contributed by atoms with van der Waals surface area (Å²) in [5.41, 5.74) is 1.94. The molecule has 0 N–H and O–H groups in total. The van der Waals surface area contributed by atoms with Crippen molar-refractivity contribution < 1.29 is 26.2 Å². The molecule has 2 aromatic rings. The number of hydrogen-bond acceptors (Lipinski definition) is 2. The Hall–Kier alpha value is -1.13. The van der Waals surface area contributed by atoms with Crippen LogP contribution in [0.5, 0.6) is 0 Å². The zero-order valence-corrected chi connectivity index (χ0v) is 14.2. The summed E-state index contributed by atoms with van der Waals surface area (Å²) in [6.07, 6.45) is 0. The number of hydrogen-bond donors (Lipinski definition) is 0. The third-order valence-electron chi connectivity index (χ3n) is 2.76. The smallest absolute Gasteiger partial charge is 0.327 e. The van der Waals surface area contributed by atoms with Gasteiger partial charge in [-0.05, 0) is 6.92 Å². The second-order valence-corrected chi connectivity index (χ2v) is 5.64. The van der Waals surface area contributed by atoms with Crippen LogP contribution in [0.1, 0.15) is 27.4 Å². The van der Waals surface area contributed by atoms with E-state index in [1.807, 2.05) is 57.2 Å². The Morgan fingerprint density at radius 2 is 1.60 bits per heavy atom. The van der Waals surface area contributed by atoms with Gasteiger partial charge in [0.25, 0.3) is 0 Å². The second kappa shape index (κ2) is 7.60. The minimum Gasteiger partial charge on any atom is -1.00 e. The van der Waals surface area contributed by atoms with E-state index in [0.29, 0.717) is 5.75 Å². The van der Waals surface area contributed by atoms with Crippen LogP contribution in [0.3, 0.4) is 0 Å². The van der Waals surface area contributed by atoms with Crippen LogP contribution in [0.2, 0.25) is 0 Å². The third kappa shape index (κ3) is 4.76. The molecule has 0 saturated carbocycles. The minimum absolute atomic E-state index is 0. The lowest BCUT2D eigenvalue weighted by molar-refractivity contribution is -0.0000125. The summed E-state index contributed by atoms with van der Waals surface area (Å²) in [4.78, 5) is 13.1. The van der Waals surface area contributed by atoms with Gasteiger partial charge in [-0.3, -0.25) is 4.79 Å². The molecule has 1 aromatic carbocycles. The monoisotopic (exact) mass is 352 g/mol. The standard InChI is InChI=1S/C16H17O2S.BrH/c1-11-4-6-14(7-5-11)16(17)10-19-15-8-12(2)18-13(3)9-15;/h4-9H,10H2,1-3H3;1H/q+1;/p-1. The zero-order chi connectivity index (χ0) is 13.8. The fraction of sp³-hybridized carbons (Fsp3) is 0.250. The molecule has 0 unspecified atom stereocenters. The maximum absolute atomic E-state index is 12.1. The Morgan fingerprint density at radius 3 is 2.15 bits per heavy atom. The number of thioether (sulfide) groups is 1. The molecule has 20 heavy (non-hydrogen) atoms. The van der Waals surface area contributed by atoms with Gasteiger partial charge >= 0.3 is 11.5 Å². The van der Waals surface area contributed by atoms with Crippen molar-refractivity contribution in [3.05, 3.63) is 59.0 Å². The molecule has 0 aliphatic carbocycles. The first-order valence-electron chi connectivity index (χ1n) is 6.18. The highest BCUT2D eigenvalue weighted by Gasteiger charge is 2.11. The van der Waals surface area contributed by atoms with Crippen molar-refractivity contribution in [2.75, 3.05) is 5.75 Å². The molecule has 0 atom stereocenters. The maximum atomic E-state index is 12.1. The van der Waals surface area contributed by atoms with E-state index in [4.69, 9.17) is 4.42 Å². The minimum atomic E-state index is 0. The third-order valence-corrected chi connectivity index (χ3v) is 3.73. The molecule has 4 heteroatoms. The molecule has 0 spiro atoms. The molecular formula is C16H17BrO2S. The first-order valence-corrected chi connectivity index (χ1v) is 7.17. The number of halogens is 1. The number of carbonyl (C=O) groups excluding carboxylic acids is 1. The average Bonchev–Trinajstić information content (AvgIpc) is 2.36. The molecule has 2 rings (SSSR count). The lowest BCUT2D eigenvalue weighted by Gasteiger charge is -2.01. The van der Waals surface area contributed by atoms with Crippen molar-refractivity contribution in [3.63, 3.8) is 0 Å². The van der Waals surface area contributed by atoms with Gasteiger partial charge in [0.2, 0.25) is 0 Å². The first-order chi connectivity index (χ1) is 9.04. The normalized spacial score (nSPS) is 9.95. The van der Waals surface area contributed by atoms with Gasteiger partial charge in [-0.2, -0.15) is 0 Å². The Labute approximate surface area is 134 Å². The highest BCUT2D eigenvalue weighted by Crippen LogP contribution is 2.22. The summed E-state index contributed by atoms with van der Waals surface area (Å²) < 4.78 is 5.42. The Bertz CT molecular complexity index is 574. The second-order valence-electron chi connectivity index (χ2n) is 4.59. The maximum Gasteiger partial charge on any atom is 0.327 e. The van der Waals surface area contributed by atoms with Gasteiger partial charge in [-0.1, -0.05) is 29.8 Å². The lowest BCUT2D eigenvalue weighted by Crippen LogP contribution is -3.00. The Morgan fingerprint density at radius 1 is 1.05 bits per heavy atom. The van der Waals surface area contributed by atoms with Crippen molar-refractivity contribution in [2.24, 2.45) is 0 Å². The fourth-order valence-corrected chi connectivity index (χ4v) is 2.77. The Balaban J connectivity index is 0.00000200. The van der Waals surface area contributed by atoms with Gasteiger partial charge in [0.05, 0.1) is 31.7 Å². The van der Waals surface area contributed by atoms with E-state index in [0.717, 1.165) is 22.0 Å². The van der Waals surface area contributed by atoms with Crippen LogP contribution in [0.4, 0.5) is 0 Å². The fourth-order valence-electron chi connectivity index (χ4n) is 1.81. The van der Waals surface area contributed by atoms with E-state index in [9.17, 15) is 4.79 Å². The molecule has 0 fully saturated rings. The molecule has 1 aromatic heterocycles. The van der Waals surface area contributed by atoms with Crippen LogP contribution in [0.15, 0.2) is 45.7 Å². The molecule has 106 valence electrons. The molecule has 0 aliphatic rings. The molecule has 0 saturated heterocycles. The summed E-state index contributed by atoms with van der Waals surface area (Å²) in [6.45, 7) is 5.85. The predicted octanol–water partition coefficient (Wildman–Crippen LogP) is 1.46.